The molecule has 1 aromatic carbocycles. The molecule has 0 atom stereocenters. The lowest BCUT2D eigenvalue weighted by molar-refractivity contribution is 0.210. The van der Waals surface area contributed by atoms with Gasteiger partial charge in [0.1, 0.15) is 5.75 Å². The normalized spacial score (nSPS) is 16.5. The number of rotatable bonds is 7. The summed E-state index contributed by atoms with van der Waals surface area (Å²) in [6, 6.07) is 6.72. The van der Waals surface area contributed by atoms with E-state index in [4.69, 9.17) is 4.74 Å². The molecule has 0 spiro atoms. The van der Waals surface area contributed by atoms with Crippen LogP contribution in [-0.2, 0) is 10.0 Å². The Kier molecular flexibility index (Phi) is 5.65. The summed E-state index contributed by atoms with van der Waals surface area (Å²) in [5.74, 6) is 1.23. The van der Waals surface area contributed by atoms with Crippen LogP contribution in [0.3, 0.4) is 0 Å². The molecule has 0 amide bonds. The van der Waals surface area contributed by atoms with Crippen molar-refractivity contribution in [3.63, 3.8) is 0 Å². The highest BCUT2D eigenvalue weighted by Gasteiger charge is 2.17. The molecule has 118 valence electrons. The van der Waals surface area contributed by atoms with E-state index in [9.17, 15) is 8.42 Å². The molecule has 1 fully saturated rings. The molecule has 0 bridgehead atoms. The molecule has 0 saturated heterocycles. The molecule has 1 aliphatic rings. The van der Waals surface area contributed by atoms with E-state index in [1.165, 1.54) is 12.8 Å². The van der Waals surface area contributed by atoms with Crippen molar-refractivity contribution in [3.05, 3.63) is 24.3 Å². The van der Waals surface area contributed by atoms with Crippen LogP contribution in [0.5, 0.6) is 5.75 Å². The average Bonchev–Trinajstić information content (AvgIpc) is 2.91. The van der Waals surface area contributed by atoms with Crippen LogP contribution in [0.25, 0.3) is 0 Å². The molecule has 1 saturated carbocycles. The van der Waals surface area contributed by atoms with Gasteiger partial charge in [-0.05, 0) is 62.3 Å². The van der Waals surface area contributed by atoms with Gasteiger partial charge in [-0.1, -0.05) is 13.8 Å². The van der Waals surface area contributed by atoms with Crippen LogP contribution in [0, 0.1) is 5.92 Å². The van der Waals surface area contributed by atoms with Crippen molar-refractivity contribution in [1.82, 2.24) is 4.72 Å². The summed E-state index contributed by atoms with van der Waals surface area (Å²) in [6.45, 7) is 4.62. The second kappa shape index (κ2) is 7.27. The second-order valence-corrected chi connectivity index (χ2v) is 7.84. The smallest absolute Gasteiger partial charge is 0.240 e. The van der Waals surface area contributed by atoms with Gasteiger partial charge in [-0.15, -0.1) is 0 Å². The summed E-state index contributed by atoms with van der Waals surface area (Å²) in [4.78, 5) is 0.296. The maximum Gasteiger partial charge on any atom is 0.240 e. The van der Waals surface area contributed by atoms with Gasteiger partial charge in [-0.3, -0.25) is 0 Å². The van der Waals surface area contributed by atoms with Gasteiger partial charge in [0.25, 0.3) is 0 Å². The molecule has 0 aliphatic heterocycles. The van der Waals surface area contributed by atoms with Gasteiger partial charge in [0, 0.05) is 6.54 Å². The summed E-state index contributed by atoms with van der Waals surface area (Å²) in [5, 5.41) is 0. The molecule has 0 radical (unpaired) electrons. The number of benzene rings is 1. The van der Waals surface area contributed by atoms with E-state index in [-0.39, 0.29) is 6.10 Å². The zero-order chi connectivity index (χ0) is 15.3. The number of sulfonamides is 1. The maximum atomic E-state index is 12.1. The van der Waals surface area contributed by atoms with Crippen LogP contribution in [0.2, 0.25) is 0 Å². The number of nitrogens with one attached hydrogen (secondary N) is 1. The summed E-state index contributed by atoms with van der Waals surface area (Å²) >= 11 is 0. The van der Waals surface area contributed by atoms with Crippen LogP contribution in [0.4, 0.5) is 0 Å². The SMILES string of the molecule is CC(C)CCNS(=O)(=O)c1ccc(OC2CCCC2)cc1. The van der Waals surface area contributed by atoms with Crippen LogP contribution in [0.15, 0.2) is 29.2 Å². The summed E-state index contributed by atoms with van der Waals surface area (Å²) in [6.07, 6.45) is 5.75. The molecule has 1 aliphatic carbocycles. The summed E-state index contributed by atoms with van der Waals surface area (Å²) in [5.41, 5.74) is 0. The lowest BCUT2D eigenvalue weighted by Crippen LogP contribution is -2.25. The molecule has 0 aromatic heterocycles. The minimum atomic E-state index is -3.41. The Balaban J connectivity index is 1.93. The van der Waals surface area contributed by atoms with E-state index in [1.807, 2.05) is 0 Å². The van der Waals surface area contributed by atoms with Crippen molar-refractivity contribution in [3.8, 4) is 5.75 Å². The maximum absolute atomic E-state index is 12.1. The molecule has 0 unspecified atom stereocenters. The lowest BCUT2D eigenvalue weighted by Gasteiger charge is -2.13. The van der Waals surface area contributed by atoms with E-state index < -0.39 is 10.0 Å². The first-order chi connectivity index (χ1) is 9.97. The third-order valence-electron chi connectivity index (χ3n) is 3.75. The molecule has 2 rings (SSSR count). The molecular formula is C16H25NO3S. The zero-order valence-electron chi connectivity index (χ0n) is 12.8. The van der Waals surface area contributed by atoms with Crippen molar-refractivity contribution < 1.29 is 13.2 Å². The number of hydrogen-bond acceptors (Lipinski definition) is 3. The fraction of sp³-hybridized carbons (Fsp3) is 0.625. The Morgan fingerprint density at radius 3 is 2.38 bits per heavy atom. The molecule has 21 heavy (non-hydrogen) atoms. The first-order valence-corrected chi connectivity index (χ1v) is 9.22. The largest absolute Gasteiger partial charge is 0.490 e. The predicted octanol–water partition coefficient (Wildman–Crippen LogP) is 3.33. The average molecular weight is 311 g/mol. The van der Waals surface area contributed by atoms with Gasteiger partial charge in [-0.2, -0.15) is 0 Å². The zero-order valence-corrected chi connectivity index (χ0v) is 13.7. The third-order valence-corrected chi connectivity index (χ3v) is 5.23. The van der Waals surface area contributed by atoms with E-state index in [1.54, 1.807) is 24.3 Å². The van der Waals surface area contributed by atoms with Gasteiger partial charge >= 0.3 is 0 Å². The number of hydrogen-bond donors (Lipinski definition) is 1. The van der Waals surface area contributed by atoms with E-state index >= 15 is 0 Å². The van der Waals surface area contributed by atoms with Crippen LogP contribution in [-0.4, -0.2) is 21.1 Å². The van der Waals surface area contributed by atoms with Crippen molar-refractivity contribution in [2.24, 2.45) is 5.92 Å². The van der Waals surface area contributed by atoms with Crippen molar-refractivity contribution in [2.75, 3.05) is 6.54 Å². The Bertz CT molecular complexity index is 531. The second-order valence-electron chi connectivity index (χ2n) is 6.08. The van der Waals surface area contributed by atoms with E-state index in [2.05, 4.69) is 18.6 Å². The van der Waals surface area contributed by atoms with Gasteiger partial charge in [0.05, 0.1) is 11.0 Å². The van der Waals surface area contributed by atoms with Crippen molar-refractivity contribution in [1.29, 1.82) is 0 Å². The van der Waals surface area contributed by atoms with Crippen molar-refractivity contribution >= 4 is 10.0 Å². The topological polar surface area (TPSA) is 55.4 Å². The molecule has 4 nitrogen and oxygen atoms in total. The van der Waals surface area contributed by atoms with Gasteiger partial charge in [0.15, 0.2) is 0 Å². The fourth-order valence-corrected chi connectivity index (χ4v) is 3.51. The first-order valence-electron chi connectivity index (χ1n) is 7.74. The van der Waals surface area contributed by atoms with Crippen LogP contribution < -0.4 is 9.46 Å². The van der Waals surface area contributed by atoms with Crippen LogP contribution >= 0.6 is 0 Å². The molecule has 5 heteroatoms. The highest BCUT2D eigenvalue weighted by molar-refractivity contribution is 7.89. The lowest BCUT2D eigenvalue weighted by atomic mass is 10.1. The van der Waals surface area contributed by atoms with Gasteiger partial charge < -0.3 is 4.74 Å². The minimum Gasteiger partial charge on any atom is -0.490 e. The fourth-order valence-electron chi connectivity index (χ4n) is 2.46. The standard InChI is InChI=1S/C16H25NO3S/c1-13(2)11-12-17-21(18,19)16-9-7-15(8-10-16)20-14-5-3-4-6-14/h7-10,13-14,17H,3-6,11-12H2,1-2H3. The molecule has 1 aromatic rings. The van der Waals surface area contributed by atoms with Gasteiger partial charge in [-0.25, -0.2) is 13.1 Å². The highest BCUT2D eigenvalue weighted by atomic mass is 32.2. The van der Waals surface area contributed by atoms with E-state index in [0.717, 1.165) is 25.0 Å². The Morgan fingerprint density at radius 2 is 1.81 bits per heavy atom. The third kappa shape index (κ3) is 5.00. The Morgan fingerprint density at radius 1 is 1.19 bits per heavy atom. The van der Waals surface area contributed by atoms with Gasteiger partial charge in [0.2, 0.25) is 10.0 Å². The molecule has 0 heterocycles. The molecular weight excluding hydrogens is 286 g/mol. The Labute approximate surface area is 127 Å². The van der Waals surface area contributed by atoms with E-state index in [0.29, 0.717) is 17.4 Å². The van der Waals surface area contributed by atoms with Crippen molar-refractivity contribution in [2.45, 2.75) is 57.0 Å². The van der Waals surface area contributed by atoms with Crippen LogP contribution in [0.1, 0.15) is 46.0 Å². The predicted molar refractivity (Wildman–Crippen MR) is 84.0 cm³/mol. The monoisotopic (exact) mass is 311 g/mol. The Hall–Kier alpha value is -1.07. The minimum absolute atomic E-state index is 0.289. The number of ether oxygens (including phenoxy) is 1. The highest BCUT2D eigenvalue weighted by Crippen LogP contribution is 2.24. The first kappa shape index (κ1) is 16.3. The quantitative estimate of drug-likeness (QED) is 0.840. The summed E-state index contributed by atoms with van der Waals surface area (Å²) in [7, 11) is -3.41. The summed E-state index contributed by atoms with van der Waals surface area (Å²) < 4.78 is 32.7. The molecule has 1 N–H and O–H groups in total.